The van der Waals surface area contributed by atoms with Gasteiger partial charge in [0.1, 0.15) is 6.04 Å². The Balaban J connectivity index is 1.46. The molecule has 1 unspecified atom stereocenters. The molecule has 2 aromatic rings. The molecule has 1 saturated heterocycles. The number of hydrogen-bond acceptors (Lipinski definition) is 7. The third-order valence-corrected chi connectivity index (χ3v) is 8.81. The highest BCUT2D eigenvalue weighted by Crippen LogP contribution is 2.47. The molecule has 230 valence electrons. The number of amides is 2. The first kappa shape index (κ1) is 29.1. The van der Waals surface area contributed by atoms with Gasteiger partial charge in [-0.2, -0.15) is 18.3 Å². The van der Waals surface area contributed by atoms with E-state index in [0.717, 1.165) is 24.1 Å². The number of allylic oxidation sites excluding steroid dienone is 2. The number of fused-ring (bicyclic) bond motifs is 2. The maximum absolute atomic E-state index is 14.7. The summed E-state index contributed by atoms with van der Waals surface area (Å²) in [6.45, 7) is 4.75. The third-order valence-electron chi connectivity index (χ3n) is 8.81. The largest absolute Gasteiger partial charge is 0.417 e. The molecule has 4 aliphatic heterocycles. The van der Waals surface area contributed by atoms with Crippen molar-refractivity contribution < 1.29 is 27.5 Å². The maximum atomic E-state index is 14.7. The van der Waals surface area contributed by atoms with Gasteiger partial charge in [0.05, 0.1) is 29.5 Å². The topological polar surface area (TPSA) is 95.0 Å². The number of aromatic nitrogens is 2. The zero-order valence-electron chi connectivity index (χ0n) is 24.5. The number of alkyl halides is 3. The first-order chi connectivity index (χ1) is 20.6. The number of nitrogens with zero attached hydrogens (tertiary/aromatic N) is 5. The summed E-state index contributed by atoms with van der Waals surface area (Å²) in [5, 5.41) is 10.5. The molecule has 4 aliphatic rings. The van der Waals surface area contributed by atoms with Crippen LogP contribution in [0.2, 0.25) is 0 Å². The molecular weight excluding hydrogens is 563 g/mol. The number of rotatable bonds is 4. The number of halogens is 3. The Kier molecular flexibility index (Phi) is 7.61. The molecule has 0 spiro atoms. The molecule has 6 rings (SSSR count). The molecule has 13 heteroatoms. The van der Waals surface area contributed by atoms with Crippen LogP contribution in [0, 0.1) is 0 Å². The summed E-state index contributed by atoms with van der Waals surface area (Å²) in [7, 11) is 3.37. The number of ether oxygens (including phenoxy) is 1. The minimum atomic E-state index is -4.63. The minimum absolute atomic E-state index is 0.0246. The van der Waals surface area contributed by atoms with Crippen molar-refractivity contribution in [1.82, 2.24) is 25.3 Å². The fraction of sp³-hybridized carbons (Fsp3) is 0.500. The van der Waals surface area contributed by atoms with Crippen LogP contribution in [0.3, 0.4) is 0 Å². The van der Waals surface area contributed by atoms with E-state index in [2.05, 4.69) is 10.6 Å². The Morgan fingerprint density at radius 3 is 2.53 bits per heavy atom. The highest BCUT2D eigenvalue weighted by molar-refractivity contribution is 5.90. The van der Waals surface area contributed by atoms with E-state index in [4.69, 9.17) is 9.84 Å². The molecule has 10 nitrogen and oxygen atoms in total. The smallest absolute Gasteiger partial charge is 0.381 e. The van der Waals surface area contributed by atoms with E-state index in [1.165, 1.54) is 26.2 Å². The van der Waals surface area contributed by atoms with Gasteiger partial charge in [0.25, 0.3) is 0 Å². The number of likely N-dealkylation sites (N-methyl/N-ethyl adjacent to an activating group) is 2. The summed E-state index contributed by atoms with van der Waals surface area (Å²) < 4.78 is 51.7. The van der Waals surface area contributed by atoms with Gasteiger partial charge in [-0.05, 0) is 36.1 Å². The van der Waals surface area contributed by atoms with E-state index >= 15 is 0 Å². The van der Waals surface area contributed by atoms with E-state index < -0.39 is 17.8 Å². The van der Waals surface area contributed by atoms with Gasteiger partial charge in [-0.1, -0.05) is 12.2 Å². The number of carbonyl (C=O) groups is 2. The molecule has 0 aliphatic carbocycles. The zero-order chi connectivity index (χ0) is 30.5. The van der Waals surface area contributed by atoms with Gasteiger partial charge in [-0.3, -0.25) is 14.3 Å². The van der Waals surface area contributed by atoms with E-state index in [1.54, 1.807) is 23.1 Å². The molecule has 1 aromatic carbocycles. The second kappa shape index (κ2) is 11.3. The van der Waals surface area contributed by atoms with Gasteiger partial charge in [0.2, 0.25) is 11.8 Å². The second-order valence-electron chi connectivity index (χ2n) is 11.4. The van der Waals surface area contributed by atoms with Gasteiger partial charge in [0, 0.05) is 77.7 Å². The van der Waals surface area contributed by atoms with Crippen LogP contribution in [-0.2, 0) is 33.5 Å². The lowest BCUT2D eigenvalue weighted by Gasteiger charge is -2.38. The van der Waals surface area contributed by atoms with Crippen molar-refractivity contribution in [3.05, 3.63) is 52.9 Å². The second-order valence-corrected chi connectivity index (χ2v) is 11.4. The van der Waals surface area contributed by atoms with Crippen molar-refractivity contribution in [2.45, 2.75) is 51.0 Å². The highest BCUT2D eigenvalue weighted by Gasteiger charge is 2.39. The van der Waals surface area contributed by atoms with Gasteiger partial charge in [-0.25, -0.2) is 0 Å². The van der Waals surface area contributed by atoms with Gasteiger partial charge in [0.15, 0.2) is 5.82 Å². The Morgan fingerprint density at radius 2 is 1.88 bits per heavy atom. The average molecular weight is 600 g/mol. The van der Waals surface area contributed by atoms with Crippen molar-refractivity contribution in [3.8, 4) is 0 Å². The fourth-order valence-electron chi connectivity index (χ4n) is 6.40. The summed E-state index contributed by atoms with van der Waals surface area (Å²) >= 11 is 0. The van der Waals surface area contributed by atoms with E-state index in [0.29, 0.717) is 68.6 Å². The summed E-state index contributed by atoms with van der Waals surface area (Å²) in [5.74, 6) is 0.282. The quantitative estimate of drug-likeness (QED) is 0.557. The SMILES string of the molecule is CNC(=O)C1C=CC(c2cc3c(cc2C(F)(F)F)N(c2nn(C4CCOCC4)c4c2CN(C(C)=O)CC4)CCN3C)=CN1. The van der Waals surface area contributed by atoms with E-state index in [-0.39, 0.29) is 23.4 Å². The Hall–Kier alpha value is -4.00. The standard InChI is InChI=1S/C30H36F3N7O3/c1-18(41)38-9-6-25-22(17-38)28(36-40(25)20-7-12-43-13-8-20)39-11-10-37(3)26-14-21(23(15-27(26)39)30(31,32)33)19-4-5-24(35-16-19)29(42)34-2/h4-5,14-16,20,24,35H,6-13,17H2,1-3H3,(H,34,42). The normalized spacial score (nSPS) is 20.7. The fourth-order valence-corrected chi connectivity index (χ4v) is 6.40. The molecule has 0 saturated carbocycles. The summed E-state index contributed by atoms with van der Waals surface area (Å²) in [5.41, 5.74) is 2.58. The summed E-state index contributed by atoms with van der Waals surface area (Å²) in [4.78, 5) is 30.0. The average Bonchev–Trinajstić information content (AvgIpc) is 3.39. The summed E-state index contributed by atoms with van der Waals surface area (Å²) in [6.07, 6.45) is 2.18. The monoisotopic (exact) mass is 599 g/mol. The molecule has 0 bridgehead atoms. The van der Waals surface area contributed by atoms with Crippen LogP contribution in [0.25, 0.3) is 5.57 Å². The molecule has 2 N–H and O–H groups in total. The van der Waals surface area contributed by atoms with Crippen LogP contribution in [-0.4, -0.2) is 79.5 Å². The molecule has 1 atom stereocenters. The lowest BCUT2D eigenvalue weighted by molar-refractivity contribution is -0.137. The van der Waals surface area contributed by atoms with Crippen LogP contribution in [0.15, 0.2) is 30.5 Å². The first-order valence-corrected chi connectivity index (χ1v) is 14.6. The first-order valence-electron chi connectivity index (χ1n) is 14.6. The van der Waals surface area contributed by atoms with Crippen molar-refractivity contribution in [2.75, 3.05) is 56.7 Å². The lowest BCUT2D eigenvalue weighted by Crippen LogP contribution is -2.40. The van der Waals surface area contributed by atoms with Gasteiger partial charge >= 0.3 is 6.18 Å². The van der Waals surface area contributed by atoms with Crippen molar-refractivity contribution in [1.29, 1.82) is 0 Å². The maximum Gasteiger partial charge on any atom is 0.417 e. The van der Waals surface area contributed by atoms with Crippen LogP contribution >= 0.6 is 0 Å². The number of benzene rings is 1. The molecule has 5 heterocycles. The summed E-state index contributed by atoms with van der Waals surface area (Å²) in [6, 6.07) is 2.26. The Labute approximate surface area is 248 Å². The van der Waals surface area contributed by atoms with E-state index in [9.17, 15) is 22.8 Å². The molecule has 43 heavy (non-hydrogen) atoms. The molecular formula is C30H36F3N7O3. The predicted molar refractivity (Wildman–Crippen MR) is 156 cm³/mol. The van der Waals surface area contributed by atoms with Crippen LogP contribution < -0.4 is 20.4 Å². The molecule has 0 radical (unpaired) electrons. The number of carbonyl (C=O) groups excluding carboxylic acids is 2. The number of dihydropyridines is 1. The van der Waals surface area contributed by atoms with Crippen LogP contribution in [0.4, 0.5) is 30.4 Å². The molecule has 1 aromatic heterocycles. The number of anilines is 3. The third kappa shape index (κ3) is 5.34. The van der Waals surface area contributed by atoms with Crippen molar-refractivity contribution in [3.63, 3.8) is 0 Å². The van der Waals surface area contributed by atoms with Crippen molar-refractivity contribution in [2.24, 2.45) is 0 Å². The van der Waals surface area contributed by atoms with Gasteiger partial charge < -0.3 is 30.1 Å². The van der Waals surface area contributed by atoms with Crippen LogP contribution in [0.5, 0.6) is 0 Å². The Morgan fingerprint density at radius 1 is 1.12 bits per heavy atom. The lowest BCUT2D eigenvalue weighted by atomic mass is 9.94. The van der Waals surface area contributed by atoms with Gasteiger partial charge in [-0.15, -0.1) is 0 Å². The molecule has 1 fully saturated rings. The van der Waals surface area contributed by atoms with Crippen molar-refractivity contribution >= 4 is 34.6 Å². The molecule has 2 amide bonds. The van der Waals surface area contributed by atoms with E-state index in [1.807, 2.05) is 21.5 Å². The highest BCUT2D eigenvalue weighted by atomic mass is 19.4. The predicted octanol–water partition coefficient (Wildman–Crippen LogP) is 3.36. The van der Waals surface area contributed by atoms with Crippen LogP contribution in [0.1, 0.15) is 48.2 Å². The minimum Gasteiger partial charge on any atom is -0.381 e. The number of nitrogens with one attached hydrogen (secondary N) is 2. The number of hydrogen-bond donors (Lipinski definition) is 2. The Bertz CT molecular complexity index is 1490. The zero-order valence-corrected chi connectivity index (χ0v) is 24.5.